The summed E-state index contributed by atoms with van der Waals surface area (Å²) in [4.78, 5) is 27.6. The molecule has 1 amide bonds. The average Bonchev–Trinajstić information content (AvgIpc) is 2.91. The zero-order chi connectivity index (χ0) is 29.0. The molecule has 0 radical (unpaired) electrons. The first-order valence-corrected chi connectivity index (χ1v) is 13.6. The lowest BCUT2D eigenvalue weighted by atomic mass is 10.0. The van der Waals surface area contributed by atoms with Crippen LogP contribution in [0.5, 0.6) is 5.75 Å². The minimum atomic E-state index is -3.97. The molecular weight excluding hydrogens is 528 g/mol. The van der Waals surface area contributed by atoms with E-state index in [2.05, 4.69) is 15.3 Å². The number of azide groups is 1. The normalized spacial score (nSPS) is 13.6. The standard InChI is InChI=1S/C26H34N4O8S/c1-17(2)24(29-30-27)25(32)28-23(26(33)36-4)13-19-7-9-21(10-8-19)37-15-20(14-31)16-38-39(34,35)22-11-5-18(3)6-12-22/h5-12,17,20,23-24,31H,13-16H2,1-4H3,(H,28,32)/t20?,23-,24-/m0/s1. The van der Waals surface area contributed by atoms with Gasteiger partial charge in [-0.3, -0.25) is 8.98 Å². The van der Waals surface area contributed by atoms with Gasteiger partial charge in [0.1, 0.15) is 17.8 Å². The fourth-order valence-electron chi connectivity index (χ4n) is 3.42. The molecule has 3 atom stereocenters. The number of aryl methyl sites for hydroxylation is 1. The second-order valence-electron chi connectivity index (χ2n) is 9.24. The Morgan fingerprint density at radius 3 is 2.26 bits per heavy atom. The van der Waals surface area contributed by atoms with E-state index in [4.69, 9.17) is 19.2 Å². The number of carbonyl (C=O) groups excluding carboxylic acids is 2. The van der Waals surface area contributed by atoms with Crippen LogP contribution in [0.2, 0.25) is 0 Å². The molecule has 2 rings (SSSR count). The Morgan fingerprint density at radius 2 is 1.72 bits per heavy atom. The molecule has 2 N–H and O–H groups in total. The molecule has 12 nitrogen and oxygen atoms in total. The number of amides is 1. The van der Waals surface area contributed by atoms with Crippen molar-refractivity contribution in [3.05, 3.63) is 70.1 Å². The third-order valence-electron chi connectivity index (χ3n) is 5.75. The molecule has 13 heteroatoms. The molecule has 1 unspecified atom stereocenters. The summed E-state index contributed by atoms with van der Waals surface area (Å²) >= 11 is 0. The number of nitrogens with zero attached hydrogens (tertiary/aromatic N) is 3. The Morgan fingerprint density at radius 1 is 1.08 bits per heavy atom. The lowest BCUT2D eigenvalue weighted by Gasteiger charge is -2.21. The molecule has 0 aliphatic carbocycles. The molecule has 0 saturated carbocycles. The van der Waals surface area contributed by atoms with Crippen molar-refractivity contribution in [3.8, 4) is 5.75 Å². The van der Waals surface area contributed by atoms with Gasteiger partial charge >= 0.3 is 5.97 Å². The Bertz CT molecular complexity index is 1240. The number of ether oxygens (including phenoxy) is 2. The molecule has 2 aromatic carbocycles. The topological polar surface area (TPSA) is 177 Å². The van der Waals surface area contributed by atoms with Gasteiger partial charge < -0.3 is 19.9 Å². The molecule has 0 aromatic heterocycles. The maximum Gasteiger partial charge on any atom is 0.328 e. The van der Waals surface area contributed by atoms with Gasteiger partial charge in [-0.2, -0.15) is 8.42 Å². The summed E-state index contributed by atoms with van der Waals surface area (Å²) in [6, 6.07) is 10.9. The smallest absolute Gasteiger partial charge is 0.328 e. The number of nitrogens with one attached hydrogen (secondary N) is 1. The van der Waals surface area contributed by atoms with Gasteiger partial charge in [0.05, 0.1) is 31.8 Å². The van der Waals surface area contributed by atoms with Crippen LogP contribution in [-0.2, 0) is 35.0 Å². The molecule has 0 bridgehead atoms. The highest BCUT2D eigenvalue weighted by Gasteiger charge is 2.27. The lowest BCUT2D eigenvalue weighted by molar-refractivity contribution is -0.145. The summed E-state index contributed by atoms with van der Waals surface area (Å²) in [6.07, 6.45) is 0.115. The number of methoxy groups -OCH3 is 1. The highest BCUT2D eigenvalue weighted by Crippen LogP contribution is 2.18. The zero-order valence-corrected chi connectivity index (χ0v) is 23.1. The van der Waals surface area contributed by atoms with Gasteiger partial charge in [-0.05, 0) is 48.2 Å². The summed E-state index contributed by atoms with van der Waals surface area (Å²) in [5.41, 5.74) is 10.3. The van der Waals surface area contributed by atoms with Crippen molar-refractivity contribution in [3.63, 3.8) is 0 Å². The number of carbonyl (C=O) groups is 2. The third kappa shape index (κ3) is 9.88. The van der Waals surface area contributed by atoms with Crippen molar-refractivity contribution in [2.24, 2.45) is 17.0 Å². The molecule has 2 aromatic rings. The van der Waals surface area contributed by atoms with Crippen molar-refractivity contribution < 1.29 is 36.8 Å². The molecule has 0 spiro atoms. The van der Waals surface area contributed by atoms with E-state index >= 15 is 0 Å². The first-order valence-electron chi connectivity index (χ1n) is 12.2. The van der Waals surface area contributed by atoms with Crippen LogP contribution in [0.15, 0.2) is 58.5 Å². The molecule has 0 aliphatic heterocycles. The van der Waals surface area contributed by atoms with Crippen molar-refractivity contribution in [1.29, 1.82) is 0 Å². The number of hydrogen-bond donors (Lipinski definition) is 2. The van der Waals surface area contributed by atoms with E-state index in [0.29, 0.717) is 11.3 Å². The molecule has 0 saturated heterocycles. The maximum absolute atomic E-state index is 12.6. The van der Waals surface area contributed by atoms with Gasteiger partial charge in [-0.1, -0.05) is 48.8 Å². The first-order chi connectivity index (χ1) is 18.5. The Hall–Kier alpha value is -3.64. The van der Waals surface area contributed by atoms with Crippen LogP contribution in [0.25, 0.3) is 10.4 Å². The number of esters is 1. The van der Waals surface area contributed by atoms with Crippen molar-refractivity contribution in [1.82, 2.24) is 5.32 Å². The van der Waals surface area contributed by atoms with Gasteiger partial charge in [-0.25, -0.2) is 4.79 Å². The average molecular weight is 563 g/mol. The van der Waals surface area contributed by atoms with E-state index in [1.807, 2.05) is 6.92 Å². The maximum atomic E-state index is 12.6. The number of aliphatic hydroxyl groups is 1. The number of aliphatic hydroxyl groups excluding tert-OH is 1. The van der Waals surface area contributed by atoms with E-state index in [1.54, 1.807) is 50.2 Å². The predicted octanol–water partition coefficient (Wildman–Crippen LogP) is 2.92. The summed E-state index contributed by atoms with van der Waals surface area (Å²) in [7, 11) is -2.76. The van der Waals surface area contributed by atoms with E-state index in [-0.39, 0.29) is 37.1 Å². The van der Waals surface area contributed by atoms with Crippen LogP contribution in [0.4, 0.5) is 0 Å². The van der Waals surface area contributed by atoms with E-state index in [0.717, 1.165) is 5.56 Å². The summed E-state index contributed by atoms with van der Waals surface area (Å²) in [5, 5.41) is 15.7. The summed E-state index contributed by atoms with van der Waals surface area (Å²) in [5.74, 6) is -1.67. The largest absolute Gasteiger partial charge is 0.493 e. The highest BCUT2D eigenvalue weighted by molar-refractivity contribution is 7.86. The fourth-order valence-corrected chi connectivity index (χ4v) is 4.40. The van der Waals surface area contributed by atoms with Crippen molar-refractivity contribution in [2.45, 2.75) is 44.2 Å². The van der Waals surface area contributed by atoms with E-state index < -0.39 is 40.0 Å². The Labute approximate surface area is 228 Å². The number of rotatable bonds is 15. The molecular formula is C26H34N4O8S. The molecule has 0 fully saturated rings. The SMILES string of the molecule is COC(=O)[C@H](Cc1ccc(OCC(CO)COS(=O)(=O)c2ccc(C)cc2)cc1)NC(=O)[C@@H](N=[N+]=[N-])C(C)C. The fraction of sp³-hybridized carbons (Fsp3) is 0.462. The second kappa shape index (κ2) is 15.1. The third-order valence-corrected chi connectivity index (χ3v) is 7.05. The molecule has 0 aliphatic rings. The van der Waals surface area contributed by atoms with Crippen LogP contribution in [-0.4, -0.2) is 64.4 Å². The van der Waals surface area contributed by atoms with Crippen molar-refractivity contribution in [2.75, 3.05) is 26.9 Å². The summed E-state index contributed by atoms with van der Waals surface area (Å²) in [6.45, 7) is 4.67. The van der Waals surface area contributed by atoms with Gasteiger partial charge in [0.25, 0.3) is 10.1 Å². The molecule has 0 heterocycles. The Kier molecular flexibility index (Phi) is 12.2. The highest BCUT2D eigenvalue weighted by atomic mass is 32.2. The quantitative estimate of drug-likeness (QED) is 0.109. The predicted molar refractivity (Wildman–Crippen MR) is 142 cm³/mol. The monoisotopic (exact) mass is 562 g/mol. The van der Waals surface area contributed by atoms with Crippen molar-refractivity contribution >= 4 is 22.0 Å². The first kappa shape index (κ1) is 31.6. The Balaban J connectivity index is 1.96. The van der Waals surface area contributed by atoms with Gasteiger partial charge in [-0.15, -0.1) is 0 Å². The minimum absolute atomic E-state index is 0.00386. The molecule has 39 heavy (non-hydrogen) atoms. The van der Waals surface area contributed by atoms with Crippen LogP contribution >= 0.6 is 0 Å². The van der Waals surface area contributed by atoms with Gasteiger partial charge in [0.15, 0.2) is 0 Å². The van der Waals surface area contributed by atoms with E-state index in [1.165, 1.54) is 19.2 Å². The lowest BCUT2D eigenvalue weighted by Crippen LogP contribution is -2.47. The zero-order valence-electron chi connectivity index (χ0n) is 22.3. The second-order valence-corrected chi connectivity index (χ2v) is 10.9. The van der Waals surface area contributed by atoms with Crippen LogP contribution in [0.1, 0.15) is 25.0 Å². The van der Waals surface area contributed by atoms with Gasteiger partial charge in [0.2, 0.25) is 5.91 Å². The summed E-state index contributed by atoms with van der Waals surface area (Å²) < 4.78 is 40.3. The van der Waals surface area contributed by atoms with Crippen LogP contribution in [0, 0.1) is 18.8 Å². The minimum Gasteiger partial charge on any atom is -0.493 e. The van der Waals surface area contributed by atoms with E-state index in [9.17, 15) is 23.1 Å². The molecule has 212 valence electrons. The number of hydrogen-bond acceptors (Lipinski definition) is 9. The number of benzene rings is 2. The van der Waals surface area contributed by atoms with Crippen LogP contribution < -0.4 is 10.1 Å². The van der Waals surface area contributed by atoms with Crippen LogP contribution in [0.3, 0.4) is 0 Å². The van der Waals surface area contributed by atoms with Gasteiger partial charge in [0, 0.05) is 17.3 Å².